The largest absolute Gasteiger partial charge is 0.372 e. The molecule has 0 heterocycles. The van der Waals surface area contributed by atoms with Gasteiger partial charge >= 0.3 is 0 Å². The maximum Gasteiger partial charge on any atom is 0.0403 e. The van der Waals surface area contributed by atoms with Crippen molar-refractivity contribution in [1.29, 1.82) is 0 Å². The van der Waals surface area contributed by atoms with Crippen molar-refractivity contribution in [3.63, 3.8) is 0 Å². The first-order valence-corrected chi connectivity index (χ1v) is 8.32. The fourth-order valence-electron chi connectivity index (χ4n) is 2.95. The Labute approximate surface area is 116 Å². The molecule has 0 aliphatic rings. The lowest BCUT2D eigenvalue weighted by atomic mass is 9.88. The first-order valence-electron chi connectivity index (χ1n) is 7.32. The van der Waals surface area contributed by atoms with E-state index in [-0.39, 0.29) is 0 Å². The first-order chi connectivity index (χ1) is 8.43. The van der Waals surface area contributed by atoms with Crippen LogP contribution >= 0.6 is 0 Å². The van der Waals surface area contributed by atoms with E-state index < -0.39 is 0 Å². The molecular weight excluding hydrogens is 234 g/mol. The Kier molecular flexibility index (Phi) is 5.45. The number of rotatable bonds is 5. The highest BCUT2D eigenvalue weighted by atomic mass is 28.1. The Bertz CT molecular complexity index is 392. The number of benzene rings is 1. The fourth-order valence-corrected chi connectivity index (χ4v) is 3.96. The Morgan fingerprint density at radius 1 is 0.944 bits per heavy atom. The lowest BCUT2D eigenvalue weighted by Crippen LogP contribution is -2.26. The summed E-state index contributed by atoms with van der Waals surface area (Å²) in [6, 6.07) is 4.69. The monoisotopic (exact) mass is 263 g/mol. The standard InChI is InChI=1S/C16H29NSi/c1-7-17(8-2)13-9-10-14(18)16(12(5)6)15(13)11(3)4/h9-12H,7-8H2,1-6,18H3. The average Bonchev–Trinajstić information content (AvgIpc) is 2.31. The average molecular weight is 264 g/mol. The molecule has 0 radical (unpaired) electrons. The van der Waals surface area contributed by atoms with Crippen molar-refractivity contribution in [3.8, 4) is 0 Å². The molecule has 0 saturated carbocycles. The van der Waals surface area contributed by atoms with Crippen LogP contribution in [0.2, 0.25) is 0 Å². The van der Waals surface area contributed by atoms with Crippen LogP contribution in [0.5, 0.6) is 0 Å². The quantitative estimate of drug-likeness (QED) is 0.739. The van der Waals surface area contributed by atoms with Gasteiger partial charge in [0.25, 0.3) is 0 Å². The lowest BCUT2D eigenvalue weighted by Gasteiger charge is -2.30. The van der Waals surface area contributed by atoms with Gasteiger partial charge < -0.3 is 4.90 Å². The molecule has 0 atom stereocenters. The van der Waals surface area contributed by atoms with E-state index in [1.165, 1.54) is 5.69 Å². The first kappa shape index (κ1) is 15.3. The predicted molar refractivity (Wildman–Crippen MR) is 87.8 cm³/mol. The summed E-state index contributed by atoms with van der Waals surface area (Å²) in [6.45, 7) is 16.0. The summed E-state index contributed by atoms with van der Waals surface area (Å²) in [6.07, 6.45) is 0. The molecule has 2 heteroatoms. The fraction of sp³-hybridized carbons (Fsp3) is 0.625. The Morgan fingerprint density at radius 2 is 1.44 bits per heavy atom. The molecule has 1 aromatic carbocycles. The summed E-state index contributed by atoms with van der Waals surface area (Å²) in [5, 5.41) is 1.57. The minimum atomic E-state index is 0.604. The van der Waals surface area contributed by atoms with Crippen molar-refractivity contribution in [2.75, 3.05) is 18.0 Å². The summed E-state index contributed by atoms with van der Waals surface area (Å²) >= 11 is 0. The molecule has 1 rings (SSSR count). The second kappa shape index (κ2) is 6.42. The third-order valence-electron chi connectivity index (χ3n) is 3.74. The molecule has 1 aromatic rings. The maximum atomic E-state index is 2.49. The van der Waals surface area contributed by atoms with Crippen molar-refractivity contribution in [1.82, 2.24) is 0 Å². The van der Waals surface area contributed by atoms with Gasteiger partial charge in [-0.3, -0.25) is 0 Å². The van der Waals surface area contributed by atoms with Gasteiger partial charge in [0.1, 0.15) is 0 Å². The molecule has 0 unspecified atom stereocenters. The maximum absolute atomic E-state index is 2.49. The Balaban J connectivity index is 3.48. The molecule has 0 saturated heterocycles. The van der Waals surface area contributed by atoms with Crippen molar-refractivity contribution < 1.29 is 0 Å². The van der Waals surface area contributed by atoms with Crippen molar-refractivity contribution >= 4 is 21.1 Å². The van der Waals surface area contributed by atoms with Gasteiger partial charge in [-0.1, -0.05) is 38.9 Å². The molecule has 18 heavy (non-hydrogen) atoms. The van der Waals surface area contributed by atoms with Gasteiger partial charge in [0.2, 0.25) is 0 Å². The van der Waals surface area contributed by atoms with Gasteiger partial charge in [0.15, 0.2) is 0 Å². The van der Waals surface area contributed by atoms with Gasteiger partial charge in [0, 0.05) is 29.0 Å². The molecule has 0 fully saturated rings. The molecule has 1 nitrogen and oxygen atoms in total. The summed E-state index contributed by atoms with van der Waals surface area (Å²) in [5.74, 6) is 1.23. The molecule has 0 N–H and O–H groups in total. The van der Waals surface area contributed by atoms with Crippen LogP contribution in [0.25, 0.3) is 0 Å². The minimum Gasteiger partial charge on any atom is -0.372 e. The third kappa shape index (κ3) is 2.97. The molecule has 102 valence electrons. The number of nitrogens with zero attached hydrogens (tertiary/aromatic N) is 1. The number of hydrogen-bond acceptors (Lipinski definition) is 1. The van der Waals surface area contributed by atoms with Gasteiger partial charge in [0.05, 0.1) is 0 Å². The van der Waals surface area contributed by atoms with E-state index in [2.05, 4.69) is 58.6 Å². The highest BCUT2D eigenvalue weighted by Gasteiger charge is 2.18. The van der Waals surface area contributed by atoms with E-state index in [1.807, 2.05) is 0 Å². The van der Waals surface area contributed by atoms with Crippen molar-refractivity contribution in [3.05, 3.63) is 23.3 Å². The highest BCUT2D eigenvalue weighted by Crippen LogP contribution is 2.33. The van der Waals surface area contributed by atoms with Crippen molar-refractivity contribution in [2.24, 2.45) is 0 Å². The van der Waals surface area contributed by atoms with Gasteiger partial charge in [-0.2, -0.15) is 0 Å². The summed E-state index contributed by atoms with van der Waals surface area (Å²) in [5.41, 5.74) is 4.65. The third-order valence-corrected chi connectivity index (χ3v) is 4.61. The van der Waals surface area contributed by atoms with Crippen LogP contribution in [0.3, 0.4) is 0 Å². The zero-order valence-corrected chi connectivity index (χ0v) is 15.2. The summed E-state index contributed by atoms with van der Waals surface area (Å²) in [4.78, 5) is 2.49. The topological polar surface area (TPSA) is 3.24 Å². The van der Waals surface area contributed by atoms with Crippen LogP contribution in [0, 0.1) is 0 Å². The molecule has 0 aromatic heterocycles. The van der Waals surface area contributed by atoms with E-state index in [1.54, 1.807) is 16.3 Å². The van der Waals surface area contributed by atoms with E-state index in [9.17, 15) is 0 Å². The number of anilines is 1. The van der Waals surface area contributed by atoms with E-state index >= 15 is 0 Å². The van der Waals surface area contributed by atoms with E-state index in [0.717, 1.165) is 23.3 Å². The van der Waals surface area contributed by atoms with Gasteiger partial charge in [-0.05, 0) is 42.9 Å². The van der Waals surface area contributed by atoms with Crippen LogP contribution in [0.4, 0.5) is 5.69 Å². The zero-order chi connectivity index (χ0) is 13.9. The van der Waals surface area contributed by atoms with Crippen molar-refractivity contribution in [2.45, 2.75) is 53.4 Å². The van der Waals surface area contributed by atoms with Gasteiger partial charge in [-0.15, -0.1) is 0 Å². The molecule has 0 bridgehead atoms. The minimum absolute atomic E-state index is 0.604. The summed E-state index contributed by atoms with van der Waals surface area (Å²) < 4.78 is 0. The highest BCUT2D eigenvalue weighted by molar-refractivity contribution is 6.33. The molecule has 0 amide bonds. The summed E-state index contributed by atoms with van der Waals surface area (Å²) in [7, 11) is 1.15. The molecule has 0 spiro atoms. The van der Waals surface area contributed by atoms with Crippen LogP contribution in [0.15, 0.2) is 12.1 Å². The molecule has 0 aliphatic heterocycles. The zero-order valence-electron chi connectivity index (χ0n) is 13.2. The molecule has 0 aliphatic carbocycles. The second-order valence-corrected chi connectivity index (χ2v) is 6.79. The lowest BCUT2D eigenvalue weighted by molar-refractivity contribution is 0.775. The molecular formula is C16H29NSi. The van der Waals surface area contributed by atoms with Crippen LogP contribution in [-0.4, -0.2) is 23.3 Å². The number of hydrogen-bond donors (Lipinski definition) is 0. The van der Waals surface area contributed by atoms with E-state index in [4.69, 9.17) is 0 Å². The van der Waals surface area contributed by atoms with Crippen LogP contribution in [0.1, 0.15) is 64.5 Å². The Morgan fingerprint density at radius 3 is 1.83 bits per heavy atom. The SMILES string of the molecule is CCN(CC)c1ccc([SiH3])c(C(C)C)c1C(C)C. The predicted octanol–water partition coefficient (Wildman–Crippen LogP) is 2.77. The van der Waals surface area contributed by atoms with Crippen LogP contribution in [-0.2, 0) is 0 Å². The van der Waals surface area contributed by atoms with Gasteiger partial charge in [-0.25, -0.2) is 0 Å². The second-order valence-electron chi connectivity index (χ2n) is 5.71. The van der Waals surface area contributed by atoms with Crippen LogP contribution < -0.4 is 10.1 Å². The normalized spacial score (nSPS) is 11.6. The van der Waals surface area contributed by atoms with E-state index in [0.29, 0.717) is 11.8 Å². The smallest absolute Gasteiger partial charge is 0.0403 e. The Hall–Kier alpha value is -0.763.